The minimum atomic E-state index is -0.335. The van der Waals surface area contributed by atoms with Gasteiger partial charge in [-0.15, -0.1) is 0 Å². The number of hydrogen-bond donors (Lipinski definition) is 3. The molecular formula is C12H18N4O3. The number of aliphatic hydroxyl groups is 1. The number of amides is 1. The van der Waals surface area contributed by atoms with Crippen molar-refractivity contribution in [3.8, 4) is 0 Å². The van der Waals surface area contributed by atoms with E-state index in [9.17, 15) is 4.79 Å². The van der Waals surface area contributed by atoms with Gasteiger partial charge in [0.05, 0.1) is 30.7 Å². The van der Waals surface area contributed by atoms with Crippen molar-refractivity contribution in [2.24, 2.45) is 5.84 Å². The fourth-order valence-electron chi connectivity index (χ4n) is 2.08. The monoisotopic (exact) mass is 266 g/mol. The van der Waals surface area contributed by atoms with E-state index in [0.29, 0.717) is 24.5 Å². The van der Waals surface area contributed by atoms with Crippen LogP contribution in [0.25, 0.3) is 0 Å². The average molecular weight is 266 g/mol. The van der Waals surface area contributed by atoms with Gasteiger partial charge in [-0.05, 0) is 19.1 Å². The molecule has 1 amide bonds. The van der Waals surface area contributed by atoms with Crippen LogP contribution < -0.4 is 11.3 Å². The molecule has 0 aromatic carbocycles. The van der Waals surface area contributed by atoms with Crippen LogP contribution in [0.2, 0.25) is 0 Å². The Morgan fingerprint density at radius 2 is 2.42 bits per heavy atom. The first-order valence-corrected chi connectivity index (χ1v) is 6.12. The van der Waals surface area contributed by atoms with Gasteiger partial charge < -0.3 is 20.2 Å². The highest BCUT2D eigenvalue weighted by molar-refractivity contribution is 5.92. The molecule has 1 saturated heterocycles. The predicted octanol–water partition coefficient (Wildman–Crippen LogP) is -0.411. The van der Waals surface area contributed by atoms with Gasteiger partial charge in [0, 0.05) is 13.1 Å². The van der Waals surface area contributed by atoms with Gasteiger partial charge in [-0.1, -0.05) is 0 Å². The lowest BCUT2D eigenvalue weighted by molar-refractivity contribution is -0.0859. The highest BCUT2D eigenvalue weighted by Gasteiger charge is 2.28. The summed E-state index contributed by atoms with van der Waals surface area (Å²) in [7, 11) is 0. The molecule has 1 fully saturated rings. The summed E-state index contributed by atoms with van der Waals surface area (Å²) in [6.45, 7) is 2.64. The van der Waals surface area contributed by atoms with Crippen LogP contribution in [0.3, 0.4) is 0 Å². The Balaban J connectivity index is 2.09. The number of rotatable bonds is 3. The van der Waals surface area contributed by atoms with Crippen molar-refractivity contribution in [3.63, 3.8) is 0 Å². The van der Waals surface area contributed by atoms with Crippen molar-refractivity contribution in [1.82, 2.24) is 9.88 Å². The van der Waals surface area contributed by atoms with Gasteiger partial charge in [0.2, 0.25) is 0 Å². The molecule has 7 heteroatoms. The Morgan fingerprint density at radius 3 is 3.00 bits per heavy atom. The number of nitrogens with two attached hydrogens (primary N) is 1. The smallest absolute Gasteiger partial charge is 0.272 e. The Bertz CT molecular complexity index is 437. The van der Waals surface area contributed by atoms with Gasteiger partial charge in [-0.25, -0.2) is 4.98 Å². The number of aromatic nitrogens is 1. The normalized spacial score (nSPS) is 23.2. The predicted molar refractivity (Wildman–Crippen MR) is 69.4 cm³/mol. The lowest BCUT2D eigenvalue weighted by Gasteiger charge is -2.35. The third kappa shape index (κ3) is 3.19. The molecule has 7 nitrogen and oxygen atoms in total. The quantitative estimate of drug-likeness (QED) is 0.508. The molecule has 1 aromatic rings. The first-order valence-electron chi connectivity index (χ1n) is 6.12. The fraction of sp³-hybridized carbons (Fsp3) is 0.500. The van der Waals surface area contributed by atoms with Crippen molar-refractivity contribution in [2.45, 2.75) is 19.1 Å². The van der Waals surface area contributed by atoms with Crippen LogP contribution in [0.5, 0.6) is 0 Å². The van der Waals surface area contributed by atoms with Gasteiger partial charge in [0.15, 0.2) is 0 Å². The Labute approximate surface area is 111 Å². The number of hydrazine groups is 1. The Kier molecular flexibility index (Phi) is 4.31. The summed E-state index contributed by atoms with van der Waals surface area (Å²) in [5, 5.41) is 9.15. The Hall–Kier alpha value is -1.70. The second-order valence-corrected chi connectivity index (χ2v) is 4.54. The van der Waals surface area contributed by atoms with Crippen molar-refractivity contribution >= 4 is 11.6 Å². The van der Waals surface area contributed by atoms with Crippen molar-refractivity contribution in [2.75, 3.05) is 25.1 Å². The zero-order valence-corrected chi connectivity index (χ0v) is 10.7. The van der Waals surface area contributed by atoms with Crippen LogP contribution in [-0.4, -0.2) is 52.8 Å². The highest BCUT2D eigenvalue weighted by atomic mass is 16.5. The van der Waals surface area contributed by atoms with Crippen LogP contribution >= 0.6 is 0 Å². The molecular weight excluding hydrogens is 248 g/mol. The molecule has 2 atom stereocenters. The number of carbonyl (C=O) groups is 1. The number of ether oxygens (including phenoxy) is 1. The molecule has 4 N–H and O–H groups in total. The first-order chi connectivity index (χ1) is 9.13. The lowest BCUT2D eigenvalue weighted by atomic mass is 10.2. The molecule has 0 bridgehead atoms. The van der Waals surface area contributed by atoms with Gasteiger partial charge in [-0.2, -0.15) is 0 Å². The molecule has 0 aliphatic carbocycles. The SMILES string of the molecule is CC1CN(C(=O)c2ccc(NN)cn2)CC(CO)O1. The lowest BCUT2D eigenvalue weighted by Crippen LogP contribution is -2.50. The Morgan fingerprint density at radius 1 is 1.63 bits per heavy atom. The highest BCUT2D eigenvalue weighted by Crippen LogP contribution is 2.14. The number of carbonyl (C=O) groups excluding carboxylic acids is 1. The summed E-state index contributed by atoms with van der Waals surface area (Å²) in [5.41, 5.74) is 3.45. The molecule has 2 unspecified atom stereocenters. The maximum atomic E-state index is 12.3. The summed E-state index contributed by atoms with van der Waals surface area (Å²) in [6.07, 6.45) is 1.07. The number of pyridine rings is 1. The zero-order chi connectivity index (χ0) is 13.8. The molecule has 0 spiro atoms. The van der Waals surface area contributed by atoms with Gasteiger partial charge in [-0.3, -0.25) is 10.6 Å². The standard InChI is InChI=1S/C12H18N4O3/c1-8-5-16(6-10(7-17)19-8)12(18)11-3-2-9(15-13)4-14-11/h2-4,8,10,15,17H,5-7,13H2,1H3. The second kappa shape index (κ2) is 5.96. The van der Waals surface area contributed by atoms with Crippen LogP contribution in [0, 0.1) is 0 Å². The number of aliphatic hydroxyl groups excluding tert-OH is 1. The maximum absolute atomic E-state index is 12.3. The molecule has 1 aliphatic rings. The minimum absolute atomic E-state index is 0.0974. The molecule has 104 valence electrons. The first kappa shape index (κ1) is 13.7. The van der Waals surface area contributed by atoms with E-state index >= 15 is 0 Å². The molecule has 0 saturated carbocycles. The molecule has 19 heavy (non-hydrogen) atoms. The average Bonchev–Trinajstić information content (AvgIpc) is 2.46. The van der Waals surface area contributed by atoms with Crippen molar-refractivity contribution < 1.29 is 14.6 Å². The van der Waals surface area contributed by atoms with E-state index in [0.717, 1.165) is 0 Å². The van der Waals surface area contributed by atoms with E-state index in [4.69, 9.17) is 15.7 Å². The van der Waals surface area contributed by atoms with Gasteiger partial charge in [0.1, 0.15) is 5.69 Å². The maximum Gasteiger partial charge on any atom is 0.272 e. The molecule has 1 aromatic heterocycles. The van der Waals surface area contributed by atoms with Gasteiger partial charge >= 0.3 is 0 Å². The zero-order valence-electron chi connectivity index (χ0n) is 10.7. The van der Waals surface area contributed by atoms with Gasteiger partial charge in [0.25, 0.3) is 5.91 Å². The summed E-state index contributed by atoms with van der Waals surface area (Å²) in [4.78, 5) is 18.0. The van der Waals surface area contributed by atoms with E-state index < -0.39 is 0 Å². The van der Waals surface area contributed by atoms with E-state index in [1.54, 1.807) is 17.0 Å². The molecule has 1 aliphatic heterocycles. The van der Waals surface area contributed by atoms with Crippen LogP contribution in [-0.2, 0) is 4.74 Å². The van der Waals surface area contributed by atoms with E-state index in [1.165, 1.54) is 6.20 Å². The van der Waals surface area contributed by atoms with Crippen LogP contribution in [0.15, 0.2) is 18.3 Å². The van der Waals surface area contributed by atoms with E-state index in [1.807, 2.05) is 6.92 Å². The summed E-state index contributed by atoms with van der Waals surface area (Å²) >= 11 is 0. The van der Waals surface area contributed by atoms with Crippen LogP contribution in [0.1, 0.15) is 17.4 Å². The van der Waals surface area contributed by atoms with Crippen LogP contribution in [0.4, 0.5) is 5.69 Å². The summed E-state index contributed by atoms with van der Waals surface area (Å²) in [6, 6.07) is 3.30. The number of nitrogen functional groups attached to an aromatic ring is 1. The largest absolute Gasteiger partial charge is 0.394 e. The summed E-state index contributed by atoms with van der Waals surface area (Å²) in [5.74, 6) is 5.07. The molecule has 2 rings (SSSR count). The topological polar surface area (TPSA) is 101 Å². The summed E-state index contributed by atoms with van der Waals surface area (Å²) < 4.78 is 5.50. The number of morpholine rings is 1. The number of nitrogens with one attached hydrogen (secondary N) is 1. The second-order valence-electron chi connectivity index (χ2n) is 4.54. The molecule has 2 heterocycles. The fourth-order valence-corrected chi connectivity index (χ4v) is 2.08. The third-order valence-corrected chi connectivity index (χ3v) is 2.97. The molecule has 0 radical (unpaired) electrons. The van der Waals surface area contributed by atoms with Crippen molar-refractivity contribution in [1.29, 1.82) is 0 Å². The third-order valence-electron chi connectivity index (χ3n) is 2.97. The minimum Gasteiger partial charge on any atom is -0.394 e. The number of hydrogen-bond acceptors (Lipinski definition) is 6. The van der Waals surface area contributed by atoms with E-state index in [2.05, 4.69) is 10.4 Å². The number of anilines is 1. The number of nitrogens with zero attached hydrogens (tertiary/aromatic N) is 2. The van der Waals surface area contributed by atoms with Crippen molar-refractivity contribution in [3.05, 3.63) is 24.0 Å². The van der Waals surface area contributed by atoms with E-state index in [-0.39, 0.29) is 24.7 Å².